The number of rotatable bonds is 5. The van der Waals surface area contributed by atoms with E-state index in [1.54, 1.807) is 0 Å². The third-order valence-corrected chi connectivity index (χ3v) is 8.74. The third kappa shape index (κ3) is 3.30. The number of hydrogen-bond acceptors (Lipinski definition) is 4. The molecule has 0 bridgehead atoms. The Morgan fingerprint density at radius 2 is 2.00 bits per heavy atom. The van der Waals surface area contributed by atoms with Gasteiger partial charge in [0.1, 0.15) is 6.61 Å². The molecule has 0 aromatic rings. The maximum atomic E-state index is 10.6. The summed E-state index contributed by atoms with van der Waals surface area (Å²) in [6.07, 6.45) is 11.8. The second-order valence-corrected chi connectivity index (χ2v) is 10.1. The summed E-state index contributed by atoms with van der Waals surface area (Å²) in [5.74, 6) is 1.38. The minimum atomic E-state index is -0.790. The van der Waals surface area contributed by atoms with E-state index in [4.69, 9.17) is 9.94 Å². The van der Waals surface area contributed by atoms with E-state index in [-0.39, 0.29) is 23.4 Å². The number of hydrogen-bond donors (Lipinski definition) is 2. The average molecular weight is 390 g/mol. The summed E-state index contributed by atoms with van der Waals surface area (Å²) in [4.78, 5) is 15.9. The molecule has 4 aliphatic carbocycles. The molecule has 0 saturated heterocycles. The lowest BCUT2D eigenvalue weighted by Crippen LogP contribution is -2.51. The molecule has 0 amide bonds. The van der Waals surface area contributed by atoms with E-state index in [0.29, 0.717) is 18.9 Å². The number of carboxylic acids is 1. The lowest BCUT2D eigenvalue weighted by molar-refractivity contribution is -0.137. The van der Waals surface area contributed by atoms with E-state index in [1.165, 1.54) is 24.8 Å². The summed E-state index contributed by atoms with van der Waals surface area (Å²) in [5, 5.41) is 23.6. The van der Waals surface area contributed by atoms with E-state index < -0.39 is 5.97 Å². The van der Waals surface area contributed by atoms with Crippen LogP contribution in [0.1, 0.15) is 78.1 Å². The zero-order chi connectivity index (χ0) is 19.9. The van der Waals surface area contributed by atoms with Gasteiger partial charge in [0, 0.05) is 6.42 Å². The number of nitrogens with zero attached hydrogens (tertiary/aromatic N) is 1. The highest BCUT2D eigenvalue weighted by atomic mass is 16.6. The van der Waals surface area contributed by atoms with Crippen molar-refractivity contribution in [1.82, 2.24) is 0 Å². The molecule has 6 atom stereocenters. The average Bonchev–Trinajstić information content (AvgIpc) is 2.96. The van der Waals surface area contributed by atoms with Gasteiger partial charge < -0.3 is 15.1 Å². The van der Waals surface area contributed by atoms with Gasteiger partial charge in [-0.1, -0.05) is 24.6 Å². The first-order chi connectivity index (χ1) is 13.3. The zero-order valence-corrected chi connectivity index (χ0v) is 17.3. The Labute approximate surface area is 168 Å². The van der Waals surface area contributed by atoms with Crippen LogP contribution < -0.4 is 0 Å². The summed E-state index contributed by atoms with van der Waals surface area (Å²) in [7, 11) is 0. The molecule has 0 aromatic carbocycles. The van der Waals surface area contributed by atoms with Crippen LogP contribution in [0.3, 0.4) is 0 Å². The first-order valence-corrected chi connectivity index (χ1v) is 11.1. The molecule has 3 saturated carbocycles. The Hall–Kier alpha value is -1.36. The zero-order valence-electron chi connectivity index (χ0n) is 17.3. The van der Waals surface area contributed by atoms with Crippen LogP contribution in [0.4, 0.5) is 0 Å². The van der Waals surface area contributed by atoms with Crippen molar-refractivity contribution in [3.63, 3.8) is 0 Å². The van der Waals surface area contributed by atoms with Crippen molar-refractivity contribution in [2.45, 2.75) is 84.2 Å². The van der Waals surface area contributed by atoms with Gasteiger partial charge in [-0.2, -0.15) is 0 Å². The maximum Gasteiger partial charge on any atom is 0.303 e. The van der Waals surface area contributed by atoms with Crippen molar-refractivity contribution < 1.29 is 19.8 Å². The highest BCUT2D eigenvalue weighted by Gasteiger charge is 2.58. The fraction of sp³-hybridized carbons (Fsp3) is 0.826. The van der Waals surface area contributed by atoms with Crippen molar-refractivity contribution in [2.24, 2.45) is 33.7 Å². The normalized spacial score (nSPS) is 43.7. The highest BCUT2D eigenvalue weighted by Crippen LogP contribution is 2.65. The molecule has 156 valence electrons. The molecule has 28 heavy (non-hydrogen) atoms. The van der Waals surface area contributed by atoms with Gasteiger partial charge in [0.25, 0.3) is 0 Å². The summed E-state index contributed by atoms with van der Waals surface area (Å²) in [6, 6.07) is 0. The molecule has 5 heteroatoms. The minimum Gasteiger partial charge on any atom is -0.481 e. The van der Waals surface area contributed by atoms with Gasteiger partial charge in [-0.3, -0.25) is 4.79 Å². The Morgan fingerprint density at radius 3 is 2.79 bits per heavy atom. The SMILES string of the molecule is C[C@]12CC[C@H]3[C@@H](CCC4=CC(=NOCCCC(=O)O)CC[C@@]43C)[C@@H]1CC[C@@H]2O. The number of aliphatic hydroxyl groups excluding tert-OH is 1. The maximum absolute atomic E-state index is 10.6. The van der Waals surface area contributed by atoms with Gasteiger partial charge in [-0.25, -0.2) is 0 Å². The number of carboxylic acid groups (broad SMARTS) is 1. The van der Waals surface area contributed by atoms with Crippen molar-refractivity contribution in [1.29, 1.82) is 0 Å². The van der Waals surface area contributed by atoms with Crippen molar-refractivity contribution >= 4 is 11.7 Å². The molecule has 2 N–H and O–H groups in total. The number of oxime groups is 1. The molecule has 0 unspecified atom stereocenters. The number of fused-ring (bicyclic) bond motifs is 5. The van der Waals surface area contributed by atoms with Crippen LogP contribution in [0, 0.1) is 28.6 Å². The topological polar surface area (TPSA) is 79.1 Å². The molecule has 0 heterocycles. The quantitative estimate of drug-likeness (QED) is 0.534. The summed E-state index contributed by atoms with van der Waals surface area (Å²) in [6.45, 7) is 5.17. The van der Waals surface area contributed by atoms with Crippen LogP contribution in [0.15, 0.2) is 16.8 Å². The second kappa shape index (κ2) is 7.47. The lowest BCUT2D eigenvalue weighted by atomic mass is 9.47. The van der Waals surface area contributed by atoms with E-state index >= 15 is 0 Å². The first kappa shape index (κ1) is 19.9. The summed E-state index contributed by atoms with van der Waals surface area (Å²) in [5.41, 5.74) is 2.96. The molecule has 0 aromatic heterocycles. The standard InChI is InChI=1S/C23H35NO4/c1-22-11-9-16(24-28-13-3-4-21(26)27)14-15(22)5-6-17-18-7-8-20(25)23(18,2)12-10-19(17)22/h14,17-20,25H,3-13H2,1-2H3,(H,26,27)/t17-,18-,19-,20-,22-,23-/m0/s1. The van der Waals surface area contributed by atoms with Crippen LogP contribution in [-0.4, -0.2) is 34.6 Å². The van der Waals surface area contributed by atoms with Crippen LogP contribution in [0.25, 0.3) is 0 Å². The molecule has 0 radical (unpaired) electrons. The molecule has 3 fully saturated rings. The monoisotopic (exact) mass is 389 g/mol. The lowest BCUT2D eigenvalue weighted by Gasteiger charge is -2.57. The predicted octanol–water partition coefficient (Wildman–Crippen LogP) is 4.55. The van der Waals surface area contributed by atoms with Crippen LogP contribution in [0.2, 0.25) is 0 Å². The van der Waals surface area contributed by atoms with Gasteiger partial charge in [0.2, 0.25) is 0 Å². The molecule has 0 spiro atoms. The minimum absolute atomic E-state index is 0.105. The Morgan fingerprint density at radius 1 is 1.18 bits per heavy atom. The molecule has 0 aliphatic heterocycles. The Bertz CT molecular complexity index is 686. The van der Waals surface area contributed by atoms with Gasteiger partial charge in [0.05, 0.1) is 11.8 Å². The molecule has 5 nitrogen and oxygen atoms in total. The number of allylic oxidation sites excluding steroid dienone is 2. The van der Waals surface area contributed by atoms with Gasteiger partial charge >= 0.3 is 5.97 Å². The van der Waals surface area contributed by atoms with Crippen molar-refractivity contribution in [3.05, 3.63) is 11.6 Å². The number of aliphatic carboxylic acids is 1. The fourth-order valence-electron chi connectivity index (χ4n) is 7.03. The Balaban J connectivity index is 1.45. The van der Waals surface area contributed by atoms with E-state index in [9.17, 15) is 9.90 Å². The van der Waals surface area contributed by atoms with Crippen LogP contribution >= 0.6 is 0 Å². The molecular weight excluding hydrogens is 354 g/mol. The number of aliphatic hydroxyl groups is 1. The summed E-state index contributed by atoms with van der Waals surface area (Å²) >= 11 is 0. The van der Waals surface area contributed by atoms with Gasteiger partial charge in [0.15, 0.2) is 0 Å². The van der Waals surface area contributed by atoms with Crippen LogP contribution in [-0.2, 0) is 9.63 Å². The fourth-order valence-corrected chi connectivity index (χ4v) is 7.03. The third-order valence-electron chi connectivity index (χ3n) is 8.74. The largest absolute Gasteiger partial charge is 0.481 e. The smallest absolute Gasteiger partial charge is 0.303 e. The summed E-state index contributed by atoms with van der Waals surface area (Å²) < 4.78 is 0. The van der Waals surface area contributed by atoms with Gasteiger partial charge in [-0.05, 0) is 92.4 Å². The number of carbonyl (C=O) groups is 1. The molecule has 4 rings (SSSR count). The van der Waals surface area contributed by atoms with E-state index in [1.807, 2.05) is 0 Å². The predicted molar refractivity (Wildman–Crippen MR) is 108 cm³/mol. The molecular formula is C23H35NO4. The van der Waals surface area contributed by atoms with Gasteiger partial charge in [-0.15, -0.1) is 0 Å². The van der Waals surface area contributed by atoms with E-state index in [2.05, 4.69) is 25.1 Å². The van der Waals surface area contributed by atoms with Crippen molar-refractivity contribution in [2.75, 3.05) is 6.61 Å². The van der Waals surface area contributed by atoms with Crippen LogP contribution in [0.5, 0.6) is 0 Å². The van der Waals surface area contributed by atoms with E-state index in [0.717, 1.165) is 49.7 Å². The Kier molecular flexibility index (Phi) is 5.32. The molecule has 4 aliphatic rings. The first-order valence-electron chi connectivity index (χ1n) is 11.1. The highest BCUT2D eigenvalue weighted by molar-refractivity contribution is 5.96. The van der Waals surface area contributed by atoms with Crippen molar-refractivity contribution in [3.8, 4) is 0 Å². The second-order valence-electron chi connectivity index (χ2n) is 10.1.